The van der Waals surface area contributed by atoms with Crippen molar-refractivity contribution in [2.75, 3.05) is 33.0 Å². The molecular weight excluding hydrogens is 613 g/mol. The number of hydrogen-bond donors (Lipinski definition) is 2. The lowest BCUT2D eigenvalue weighted by molar-refractivity contribution is -0.154. The van der Waals surface area contributed by atoms with Crippen LogP contribution in [0.2, 0.25) is 0 Å². The Labute approximate surface area is 288 Å². The lowest BCUT2D eigenvalue weighted by Crippen LogP contribution is -2.28. The summed E-state index contributed by atoms with van der Waals surface area (Å²) in [6, 6.07) is 0. The van der Waals surface area contributed by atoms with Crippen molar-refractivity contribution >= 4 is 13.8 Å². The average Bonchev–Trinajstić information content (AvgIpc) is 3.06. The van der Waals surface area contributed by atoms with E-state index < -0.39 is 13.9 Å². The lowest BCUT2D eigenvalue weighted by atomic mass is 10.1. The Morgan fingerprint density at radius 3 is 1.68 bits per heavy atom. The number of carbonyl (C=O) groups excluding carboxylic acids is 1. The maximum Gasteiger partial charge on any atom is 0.472 e. The van der Waals surface area contributed by atoms with Crippen molar-refractivity contribution < 1.29 is 32.8 Å². The Balaban J connectivity index is 4.12. The number of phosphoric acid groups is 1. The van der Waals surface area contributed by atoms with Crippen molar-refractivity contribution in [2.45, 2.75) is 168 Å². The van der Waals surface area contributed by atoms with Gasteiger partial charge >= 0.3 is 13.8 Å². The molecule has 2 atom stereocenters. The molecule has 0 aromatic rings. The van der Waals surface area contributed by atoms with Crippen LogP contribution in [0.3, 0.4) is 0 Å². The first-order valence-electron chi connectivity index (χ1n) is 19.0. The fraction of sp³-hybridized carbons (Fsp3) is 0.816. The van der Waals surface area contributed by atoms with Gasteiger partial charge in [0.15, 0.2) is 0 Å². The third kappa shape index (κ3) is 35.8. The molecule has 0 aromatic heterocycles. The summed E-state index contributed by atoms with van der Waals surface area (Å²) in [7, 11) is -4.27. The van der Waals surface area contributed by atoms with Crippen molar-refractivity contribution in [1.82, 2.24) is 0 Å². The van der Waals surface area contributed by atoms with Gasteiger partial charge in [-0.15, -0.1) is 0 Å². The molecule has 276 valence electrons. The molecular formula is C38H72NO7P. The van der Waals surface area contributed by atoms with E-state index in [1.54, 1.807) is 0 Å². The number of hydrogen-bond acceptors (Lipinski definition) is 7. The van der Waals surface area contributed by atoms with E-state index in [1.165, 1.54) is 77.0 Å². The summed E-state index contributed by atoms with van der Waals surface area (Å²) in [6.07, 6.45) is 38.7. The highest BCUT2D eigenvalue weighted by molar-refractivity contribution is 7.47. The van der Waals surface area contributed by atoms with Crippen molar-refractivity contribution in [3.63, 3.8) is 0 Å². The van der Waals surface area contributed by atoms with Gasteiger partial charge in [-0.25, -0.2) is 4.57 Å². The van der Waals surface area contributed by atoms with Crippen molar-refractivity contribution in [3.05, 3.63) is 36.5 Å². The number of phosphoric ester groups is 1. The van der Waals surface area contributed by atoms with Gasteiger partial charge in [-0.1, -0.05) is 121 Å². The number of esters is 1. The molecule has 0 aliphatic rings. The molecule has 0 aliphatic carbocycles. The van der Waals surface area contributed by atoms with Gasteiger partial charge in [0.25, 0.3) is 0 Å². The molecule has 0 radical (unpaired) electrons. The second-order valence-electron chi connectivity index (χ2n) is 12.4. The standard InChI is InChI=1S/C38H72NO7P/c1-3-5-7-9-11-13-15-17-18-19-20-22-24-26-28-30-33-43-35-37(36-45-47(41,42)44-34-32-39)46-38(40)31-29-27-25-23-21-16-14-12-10-8-6-4-2/h11-14,17-18,37H,3-10,15-16,19-36,39H2,1-2H3,(H,41,42)/b13-11-,14-12-,18-17-. The van der Waals surface area contributed by atoms with Gasteiger partial charge in [-0.2, -0.15) is 0 Å². The van der Waals surface area contributed by atoms with Crippen LogP contribution in [0.1, 0.15) is 162 Å². The van der Waals surface area contributed by atoms with Crippen LogP contribution in [0.25, 0.3) is 0 Å². The molecule has 0 saturated heterocycles. The van der Waals surface area contributed by atoms with Crippen LogP contribution in [-0.4, -0.2) is 49.9 Å². The van der Waals surface area contributed by atoms with Crippen LogP contribution < -0.4 is 5.73 Å². The van der Waals surface area contributed by atoms with Crippen molar-refractivity contribution in [1.29, 1.82) is 0 Å². The smallest absolute Gasteiger partial charge is 0.457 e. The Kier molecular flexibility index (Phi) is 35.0. The van der Waals surface area contributed by atoms with Gasteiger partial charge < -0.3 is 20.1 Å². The number of carbonyl (C=O) groups is 1. The van der Waals surface area contributed by atoms with Gasteiger partial charge in [-0.05, 0) is 70.6 Å². The van der Waals surface area contributed by atoms with Gasteiger partial charge in [0.05, 0.1) is 19.8 Å². The molecule has 2 unspecified atom stereocenters. The quantitative estimate of drug-likeness (QED) is 0.0290. The largest absolute Gasteiger partial charge is 0.472 e. The summed E-state index contributed by atoms with van der Waals surface area (Å²) in [6.45, 7) is 4.82. The summed E-state index contributed by atoms with van der Waals surface area (Å²) in [5, 5.41) is 0. The lowest BCUT2D eigenvalue weighted by Gasteiger charge is -2.20. The molecule has 0 spiro atoms. The summed E-state index contributed by atoms with van der Waals surface area (Å²) < 4.78 is 33.3. The molecule has 8 nitrogen and oxygen atoms in total. The number of allylic oxidation sites excluding steroid dienone is 6. The van der Waals surface area contributed by atoms with E-state index in [0.29, 0.717) is 13.0 Å². The molecule has 0 amide bonds. The molecule has 47 heavy (non-hydrogen) atoms. The molecule has 0 saturated carbocycles. The minimum atomic E-state index is -4.27. The van der Waals surface area contributed by atoms with E-state index in [9.17, 15) is 14.3 Å². The molecule has 9 heteroatoms. The Morgan fingerprint density at radius 2 is 1.13 bits per heavy atom. The van der Waals surface area contributed by atoms with Crippen molar-refractivity contribution in [2.24, 2.45) is 5.73 Å². The first kappa shape index (κ1) is 45.7. The van der Waals surface area contributed by atoms with Gasteiger partial charge in [0, 0.05) is 19.6 Å². The highest BCUT2D eigenvalue weighted by atomic mass is 31.2. The normalized spacial score (nSPS) is 14.0. The molecule has 0 fully saturated rings. The summed E-state index contributed by atoms with van der Waals surface area (Å²) in [4.78, 5) is 22.3. The van der Waals surface area contributed by atoms with Crippen LogP contribution in [-0.2, 0) is 27.9 Å². The van der Waals surface area contributed by atoms with E-state index in [-0.39, 0.29) is 32.3 Å². The highest BCUT2D eigenvalue weighted by Gasteiger charge is 2.25. The van der Waals surface area contributed by atoms with E-state index in [4.69, 9.17) is 24.3 Å². The molecule has 0 rings (SSSR count). The molecule has 0 heterocycles. The van der Waals surface area contributed by atoms with E-state index >= 15 is 0 Å². The Morgan fingerprint density at radius 1 is 0.638 bits per heavy atom. The van der Waals surface area contributed by atoms with E-state index in [2.05, 4.69) is 50.3 Å². The van der Waals surface area contributed by atoms with Crippen LogP contribution in [0.15, 0.2) is 36.5 Å². The fourth-order valence-electron chi connectivity index (χ4n) is 4.96. The monoisotopic (exact) mass is 686 g/mol. The highest BCUT2D eigenvalue weighted by Crippen LogP contribution is 2.43. The summed E-state index contributed by atoms with van der Waals surface area (Å²) >= 11 is 0. The van der Waals surface area contributed by atoms with E-state index in [0.717, 1.165) is 64.2 Å². The second-order valence-corrected chi connectivity index (χ2v) is 13.9. The van der Waals surface area contributed by atoms with Gasteiger partial charge in [-0.3, -0.25) is 13.8 Å². The molecule has 0 bridgehead atoms. The second kappa shape index (κ2) is 36.0. The van der Waals surface area contributed by atoms with Crippen LogP contribution >= 0.6 is 7.82 Å². The van der Waals surface area contributed by atoms with Crippen molar-refractivity contribution in [3.8, 4) is 0 Å². The van der Waals surface area contributed by atoms with Crippen LogP contribution in [0.5, 0.6) is 0 Å². The number of rotatable bonds is 36. The Hall–Kier alpha value is -1.28. The summed E-state index contributed by atoms with van der Waals surface area (Å²) in [5.74, 6) is -0.346. The predicted octanol–water partition coefficient (Wildman–Crippen LogP) is 10.7. The fourth-order valence-corrected chi connectivity index (χ4v) is 5.73. The first-order chi connectivity index (χ1) is 22.9. The number of nitrogens with two attached hydrogens (primary N) is 1. The zero-order valence-corrected chi connectivity index (χ0v) is 31.2. The zero-order valence-electron chi connectivity index (χ0n) is 30.3. The maximum absolute atomic E-state index is 12.5. The number of ether oxygens (including phenoxy) is 2. The SMILES string of the molecule is CCCCC/C=C\C/C=C\CCCCCCCCOCC(COP(=O)(O)OCCN)OC(=O)CCCCCCC/C=C\CCCCC. The average molecular weight is 686 g/mol. The maximum atomic E-state index is 12.5. The predicted molar refractivity (Wildman–Crippen MR) is 196 cm³/mol. The van der Waals surface area contributed by atoms with Crippen LogP contribution in [0, 0.1) is 0 Å². The number of unbranched alkanes of at least 4 members (excludes halogenated alkanes) is 17. The van der Waals surface area contributed by atoms with Gasteiger partial charge in [0.2, 0.25) is 0 Å². The first-order valence-corrected chi connectivity index (χ1v) is 20.5. The van der Waals surface area contributed by atoms with Gasteiger partial charge in [0.1, 0.15) is 6.10 Å². The van der Waals surface area contributed by atoms with E-state index in [1.807, 2.05) is 0 Å². The molecule has 3 N–H and O–H groups in total. The third-order valence-corrected chi connectivity index (χ3v) is 8.76. The molecule has 0 aromatic carbocycles. The summed E-state index contributed by atoms with van der Waals surface area (Å²) in [5.41, 5.74) is 5.35. The minimum absolute atomic E-state index is 0.0966. The van der Waals surface area contributed by atoms with Crippen LogP contribution in [0.4, 0.5) is 0 Å². The third-order valence-electron chi connectivity index (χ3n) is 7.78. The Bertz CT molecular complexity index is 818. The topological polar surface area (TPSA) is 117 Å². The molecule has 0 aliphatic heterocycles. The minimum Gasteiger partial charge on any atom is -0.457 e. The zero-order chi connectivity index (χ0) is 34.5.